The smallest absolute Gasteiger partial charge is 0.0932 e. The first-order valence-corrected chi connectivity index (χ1v) is 7.72. The van der Waals surface area contributed by atoms with Crippen molar-refractivity contribution in [1.29, 1.82) is 0 Å². The van der Waals surface area contributed by atoms with E-state index < -0.39 is 0 Å². The Balaban J connectivity index is 1.94. The second kappa shape index (κ2) is 6.88. The van der Waals surface area contributed by atoms with E-state index in [4.69, 9.17) is 9.47 Å². The van der Waals surface area contributed by atoms with Gasteiger partial charge in [-0.15, -0.1) is 0 Å². The first-order chi connectivity index (χ1) is 8.31. The number of halogens is 2. The molecule has 0 N–H and O–H groups in total. The summed E-state index contributed by atoms with van der Waals surface area (Å²) >= 11 is 7.08. The van der Waals surface area contributed by atoms with E-state index in [1.807, 2.05) is 18.2 Å². The van der Waals surface area contributed by atoms with Gasteiger partial charge in [-0.2, -0.15) is 0 Å². The fraction of sp³-hybridized carbons (Fsp3) is 0.538. The molecule has 0 radical (unpaired) electrons. The molecule has 2 rings (SSSR count). The van der Waals surface area contributed by atoms with Gasteiger partial charge in [0.05, 0.1) is 19.3 Å². The average Bonchev–Trinajstić information content (AvgIpc) is 2.85. The molecule has 0 bridgehead atoms. The lowest BCUT2D eigenvalue weighted by Crippen LogP contribution is -2.14. The van der Waals surface area contributed by atoms with Gasteiger partial charge < -0.3 is 9.47 Å². The topological polar surface area (TPSA) is 18.5 Å². The van der Waals surface area contributed by atoms with Crippen LogP contribution >= 0.6 is 31.9 Å². The van der Waals surface area contributed by atoms with Crippen molar-refractivity contribution in [3.05, 3.63) is 34.3 Å². The molecule has 2 unspecified atom stereocenters. The fourth-order valence-corrected chi connectivity index (χ4v) is 3.00. The van der Waals surface area contributed by atoms with Gasteiger partial charge in [0.2, 0.25) is 0 Å². The second-order valence-corrected chi connectivity index (χ2v) is 5.73. The van der Waals surface area contributed by atoms with Gasteiger partial charge in [0.15, 0.2) is 0 Å². The quantitative estimate of drug-likeness (QED) is 0.737. The van der Waals surface area contributed by atoms with Crippen LogP contribution in [0.5, 0.6) is 0 Å². The van der Waals surface area contributed by atoms with Crippen molar-refractivity contribution in [3.8, 4) is 0 Å². The molecular formula is C13H16Br2O2. The lowest BCUT2D eigenvalue weighted by Gasteiger charge is -2.19. The summed E-state index contributed by atoms with van der Waals surface area (Å²) in [5.41, 5.74) is 1.20. The molecule has 0 saturated carbocycles. The van der Waals surface area contributed by atoms with Crippen molar-refractivity contribution in [2.75, 3.05) is 25.2 Å². The van der Waals surface area contributed by atoms with Gasteiger partial charge in [0.25, 0.3) is 0 Å². The van der Waals surface area contributed by atoms with Gasteiger partial charge in [0.1, 0.15) is 0 Å². The van der Waals surface area contributed by atoms with Crippen molar-refractivity contribution < 1.29 is 9.47 Å². The maximum atomic E-state index is 5.99. The average molecular weight is 364 g/mol. The number of hydrogen-bond donors (Lipinski definition) is 0. The molecule has 1 aliphatic heterocycles. The number of rotatable bonds is 5. The van der Waals surface area contributed by atoms with Crippen LogP contribution < -0.4 is 0 Å². The van der Waals surface area contributed by atoms with Crippen molar-refractivity contribution in [2.45, 2.75) is 12.5 Å². The van der Waals surface area contributed by atoms with Crippen LogP contribution in [0, 0.1) is 5.92 Å². The third kappa shape index (κ3) is 3.78. The summed E-state index contributed by atoms with van der Waals surface area (Å²) in [5.74, 6) is 0.555. The minimum atomic E-state index is 0.103. The van der Waals surface area contributed by atoms with Crippen molar-refractivity contribution in [3.63, 3.8) is 0 Å². The van der Waals surface area contributed by atoms with E-state index in [-0.39, 0.29) is 6.10 Å². The molecule has 1 aromatic rings. The SMILES string of the molecule is BrCC(OCC1CCOC1)c1ccccc1Br. The van der Waals surface area contributed by atoms with Crippen LogP contribution in [0.1, 0.15) is 18.1 Å². The Kier molecular flexibility index (Phi) is 5.48. The van der Waals surface area contributed by atoms with Crippen LogP contribution in [0.4, 0.5) is 0 Å². The summed E-state index contributed by atoms with van der Waals surface area (Å²) in [5, 5.41) is 0.809. The zero-order chi connectivity index (χ0) is 12.1. The van der Waals surface area contributed by atoms with E-state index in [9.17, 15) is 0 Å². The number of alkyl halides is 1. The molecule has 0 spiro atoms. The summed E-state index contributed by atoms with van der Waals surface area (Å²) in [6.07, 6.45) is 1.22. The zero-order valence-corrected chi connectivity index (χ0v) is 12.7. The molecule has 0 aromatic heterocycles. The van der Waals surface area contributed by atoms with E-state index in [1.165, 1.54) is 5.56 Å². The Labute approximate surface area is 119 Å². The van der Waals surface area contributed by atoms with Crippen LogP contribution in [-0.2, 0) is 9.47 Å². The Morgan fingerprint density at radius 3 is 2.88 bits per heavy atom. The minimum absolute atomic E-state index is 0.103. The molecule has 1 saturated heterocycles. The molecule has 2 nitrogen and oxygen atoms in total. The second-order valence-electron chi connectivity index (χ2n) is 4.23. The number of hydrogen-bond acceptors (Lipinski definition) is 2. The highest BCUT2D eigenvalue weighted by Gasteiger charge is 2.19. The van der Waals surface area contributed by atoms with Crippen LogP contribution in [-0.4, -0.2) is 25.2 Å². The number of ether oxygens (including phenoxy) is 2. The maximum absolute atomic E-state index is 5.99. The van der Waals surface area contributed by atoms with Crippen LogP contribution in [0.15, 0.2) is 28.7 Å². The summed E-state index contributed by atoms with van der Waals surface area (Å²) in [4.78, 5) is 0. The summed E-state index contributed by atoms with van der Waals surface area (Å²) in [6.45, 7) is 2.49. The van der Waals surface area contributed by atoms with Crippen molar-refractivity contribution in [2.24, 2.45) is 5.92 Å². The Morgan fingerprint density at radius 2 is 2.24 bits per heavy atom. The van der Waals surface area contributed by atoms with Gasteiger partial charge in [-0.25, -0.2) is 0 Å². The van der Waals surface area contributed by atoms with E-state index in [0.717, 1.165) is 36.0 Å². The molecule has 1 aromatic carbocycles. The fourth-order valence-electron chi connectivity index (χ4n) is 1.92. The van der Waals surface area contributed by atoms with Crippen molar-refractivity contribution in [1.82, 2.24) is 0 Å². The van der Waals surface area contributed by atoms with Crippen molar-refractivity contribution >= 4 is 31.9 Å². The molecule has 17 heavy (non-hydrogen) atoms. The first kappa shape index (κ1) is 13.5. The van der Waals surface area contributed by atoms with Crippen LogP contribution in [0.2, 0.25) is 0 Å². The van der Waals surface area contributed by atoms with Gasteiger partial charge in [-0.1, -0.05) is 50.1 Å². The van der Waals surface area contributed by atoms with Crippen LogP contribution in [0.25, 0.3) is 0 Å². The predicted molar refractivity (Wildman–Crippen MR) is 75.6 cm³/mol. The predicted octanol–water partition coefficient (Wildman–Crippen LogP) is 3.94. The molecule has 1 fully saturated rings. The largest absolute Gasteiger partial charge is 0.381 e. The standard InChI is InChI=1S/C13H16Br2O2/c14-7-13(11-3-1-2-4-12(11)15)17-9-10-5-6-16-8-10/h1-4,10,13H,5-9H2. The molecule has 0 aliphatic carbocycles. The Hall–Kier alpha value is 0.100. The van der Waals surface area contributed by atoms with E-state index >= 15 is 0 Å². The summed E-state index contributed by atoms with van der Waals surface area (Å²) in [6, 6.07) is 8.20. The van der Waals surface area contributed by atoms with Gasteiger partial charge in [-0.3, -0.25) is 0 Å². The monoisotopic (exact) mass is 362 g/mol. The highest BCUT2D eigenvalue weighted by Crippen LogP contribution is 2.28. The summed E-state index contributed by atoms with van der Waals surface area (Å²) < 4.78 is 12.4. The third-order valence-corrected chi connectivity index (χ3v) is 4.26. The summed E-state index contributed by atoms with van der Waals surface area (Å²) in [7, 11) is 0. The normalized spacial score (nSPS) is 21.6. The number of benzene rings is 1. The van der Waals surface area contributed by atoms with Gasteiger partial charge in [-0.05, 0) is 18.1 Å². The molecular weight excluding hydrogens is 348 g/mol. The Bertz CT molecular complexity index is 351. The van der Waals surface area contributed by atoms with Gasteiger partial charge in [0, 0.05) is 22.3 Å². The molecule has 4 heteroatoms. The zero-order valence-electron chi connectivity index (χ0n) is 9.57. The lowest BCUT2D eigenvalue weighted by molar-refractivity contribution is 0.0389. The molecule has 94 valence electrons. The minimum Gasteiger partial charge on any atom is -0.381 e. The van der Waals surface area contributed by atoms with E-state index in [2.05, 4.69) is 37.9 Å². The third-order valence-electron chi connectivity index (χ3n) is 2.95. The maximum Gasteiger partial charge on any atom is 0.0932 e. The molecule has 2 atom stereocenters. The van der Waals surface area contributed by atoms with E-state index in [0.29, 0.717) is 5.92 Å². The van der Waals surface area contributed by atoms with E-state index in [1.54, 1.807) is 0 Å². The highest BCUT2D eigenvalue weighted by atomic mass is 79.9. The van der Waals surface area contributed by atoms with Gasteiger partial charge >= 0.3 is 0 Å². The molecule has 1 aliphatic rings. The highest BCUT2D eigenvalue weighted by molar-refractivity contribution is 9.10. The lowest BCUT2D eigenvalue weighted by atomic mass is 10.1. The molecule has 0 amide bonds. The van der Waals surface area contributed by atoms with Crippen LogP contribution in [0.3, 0.4) is 0 Å². The Morgan fingerprint density at radius 1 is 1.41 bits per heavy atom. The molecule has 1 heterocycles. The first-order valence-electron chi connectivity index (χ1n) is 5.81.